The number of ether oxygens (including phenoxy) is 2. The van der Waals surface area contributed by atoms with E-state index in [0.29, 0.717) is 17.1 Å². The molecule has 0 aromatic heterocycles. The molecule has 0 radical (unpaired) electrons. The van der Waals surface area contributed by atoms with Crippen LogP contribution in [0.1, 0.15) is 21.5 Å². The van der Waals surface area contributed by atoms with Crippen LogP contribution in [0.3, 0.4) is 0 Å². The van der Waals surface area contributed by atoms with E-state index >= 15 is 0 Å². The summed E-state index contributed by atoms with van der Waals surface area (Å²) >= 11 is 0. The van der Waals surface area contributed by atoms with Gasteiger partial charge in [-0.25, -0.2) is 4.79 Å². The molecule has 0 saturated heterocycles. The maximum Gasteiger partial charge on any atom is 0.338 e. The van der Waals surface area contributed by atoms with E-state index in [2.05, 4.69) is 0 Å². The van der Waals surface area contributed by atoms with E-state index in [1.54, 1.807) is 30.3 Å². The standard InChI is InChI=1S/C21H17NO5/c1-15-4-2-6-17(12-15)21(23)26-14-16-5-3-7-20(13-16)27-19-10-8-18(9-11-19)22(24)25/h2-13H,14H2,1H3. The van der Waals surface area contributed by atoms with Crippen molar-refractivity contribution in [3.63, 3.8) is 0 Å². The number of benzene rings is 3. The Bertz CT molecular complexity index is 966. The van der Waals surface area contributed by atoms with Gasteiger partial charge >= 0.3 is 5.97 Å². The van der Waals surface area contributed by atoms with Crippen molar-refractivity contribution in [2.24, 2.45) is 0 Å². The lowest BCUT2D eigenvalue weighted by Gasteiger charge is -2.09. The van der Waals surface area contributed by atoms with E-state index in [4.69, 9.17) is 9.47 Å². The maximum absolute atomic E-state index is 12.1. The van der Waals surface area contributed by atoms with Gasteiger partial charge in [-0.1, -0.05) is 29.8 Å². The Morgan fingerprint density at radius 2 is 1.70 bits per heavy atom. The molecule has 0 amide bonds. The summed E-state index contributed by atoms with van der Waals surface area (Å²) < 4.78 is 11.0. The second-order valence-electron chi connectivity index (χ2n) is 5.95. The molecule has 0 saturated carbocycles. The van der Waals surface area contributed by atoms with Crippen molar-refractivity contribution in [2.45, 2.75) is 13.5 Å². The summed E-state index contributed by atoms with van der Waals surface area (Å²) in [7, 11) is 0. The van der Waals surface area contributed by atoms with E-state index in [0.717, 1.165) is 11.1 Å². The third-order valence-electron chi connectivity index (χ3n) is 3.81. The molecule has 0 aliphatic rings. The quantitative estimate of drug-likeness (QED) is 0.348. The van der Waals surface area contributed by atoms with Crippen LogP contribution in [-0.4, -0.2) is 10.9 Å². The highest BCUT2D eigenvalue weighted by atomic mass is 16.6. The first kappa shape index (κ1) is 18.1. The zero-order valence-corrected chi connectivity index (χ0v) is 14.6. The number of nitrogens with zero attached hydrogens (tertiary/aromatic N) is 1. The van der Waals surface area contributed by atoms with Gasteiger partial charge in [0.1, 0.15) is 18.1 Å². The van der Waals surface area contributed by atoms with E-state index in [-0.39, 0.29) is 18.3 Å². The summed E-state index contributed by atoms with van der Waals surface area (Å²) in [5.74, 6) is 0.642. The van der Waals surface area contributed by atoms with E-state index in [1.165, 1.54) is 24.3 Å². The lowest BCUT2D eigenvalue weighted by Crippen LogP contribution is -2.05. The number of hydrogen-bond acceptors (Lipinski definition) is 5. The van der Waals surface area contributed by atoms with Gasteiger partial charge in [0.15, 0.2) is 0 Å². The molecule has 136 valence electrons. The molecule has 3 aromatic rings. The maximum atomic E-state index is 12.1. The average Bonchev–Trinajstić information content (AvgIpc) is 2.67. The number of rotatable bonds is 6. The fourth-order valence-corrected chi connectivity index (χ4v) is 2.47. The first-order chi connectivity index (χ1) is 13.0. The van der Waals surface area contributed by atoms with Crippen LogP contribution in [0.5, 0.6) is 11.5 Å². The fraction of sp³-hybridized carbons (Fsp3) is 0.0952. The number of nitro groups is 1. The van der Waals surface area contributed by atoms with Gasteiger partial charge in [-0.05, 0) is 48.9 Å². The molecule has 0 spiro atoms. The molecule has 6 heteroatoms. The van der Waals surface area contributed by atoms with Crippen molar-refractivity contribution >= 4 is 11.7 Å². The number of hydrogen-bond donors (Lipinski definition) is 0. The Balaban J connectivity index is 1.63. The van der Waals surface area contributed by atoms with Crippen molar-refractivity contribution in [3.05, 3.63) is 99.6 Å². The number of carbonyl (C=O) groups is 1. The summed E-state index contributed by atoms with van der Waals surface area (Å²) in [5.41, 5.74) is 2.27. The topological polar surface area (TPSA) is 78.7 Å². The van der Waals surface area contributed by atoms with Gasteiger partial charge in [-0.15, -0.1) is 0 Å². The number of esters is 1. The van der Waals surface area contributed by atoms with Crippen LogP contribution in [0.25, 0.3) is 0 Å². The smallest absolute Gasteiger partial charge is 0.338 e. The summed E-state index contributed by atoms with van der Waals surface area (Å²) in [5, 5.41) is 10.7. The molecule has 27 heavy (non-hydrogen) atoms. The van der Waals surface area contributed by atoms with Crippen molar-refractivity contribution in [3.8, 4) is 11.5 Å². The van der Waals surface area contributed by atoms with Crippen LogP contribution in [-0.2, 0) is 11.3 Å². The number of aryl methyl sites for hydroxylation is 1. The first-order valence-corrected chi connectivity index (χ1v) is 8.26. The van der Waals surface area contributed by atoms with Gasteiger partial charge in [0.05, 0.1) is 10.5 Å². The predicted molar refractivity (Wildman–Crippen MR) is 99.9 cm³/mol. The Kier molecular flexibility index (Phi) is 5.47. The fourth-order valence-electron chi connectivity index (χ4n) is 2.47. The molecule has 0 aliphatic carbocycles. The lowest BCUT2D eigenvalue weighted by molar-refractivity contribution is -0.384. The Labute approximate surface area is 156 Å². The average molecular weight is 363 g/mol. The van der Waals surface area contributed by atoms with Crippen LogP contribution in [0.2, 0.25) is 0 Å². The third-order valence-corrected chi connectivity index (χ3v) is 3.81. The first-order valence-electron chi connectivity index (χ1n) is 8.26. The molecule has 0 aliphatic heterocycles. The second-order valence-corrected chi connectivity index (χ2v) is 5.95. The van der Waals surface area contributed by atoms with Crippen LogP contribution in [0.15, 0.2) is 72.8 Å². The lowest BCUT2D eigenvalue weighted by atomic mass is 10.1. The van der Waals surface area contributed by atoms with Gasteiger partial charge in [0.2, 0.25) is 0 Å². The molecule has 0 unspecified atom stereocenters. The predicted octanol–water partition coefficient (Wildman–Crippen LogP) is 5.05. The number of nitro benzene ring substituents is 1. The minimum Gasteiger partial charge on any atom is -0.457 e. The van der Waals surface area contributed by atoms with Crippen molar-refractivity contribution in [2.75, 3.05) is 0 Å². The number of carbonyl (C=O) groups excluding carboxylic acids is 1. The molecule has 0 heterocycles. The normalized spacial score (nSPS) is 10.3. The Morgan fingerprint density at radius 1 is 0.963 bits per heavy atom. The van der Waals surface area contributed by atoms with Gasteiger partial charge < -0.3 is 9.47 Å². The van der Waals surface area contributed by atoms with Gasteiger partial charge in [-0.2, -0.15) is 0 Å². The molecule has 0 bridgehead atoms. The summed E-state index contributed by atoms with van der Waals surface area (Å²) in [6.07, 6.45) is 0. The molecule has 0 atom stereocenters. The second kappa shape index (κ2) is 8.14. The van der Waals surface area contributed by atoms with E-state index in [1.807, 2.05) is 25.1 Å². The molecule has 0 fully saturated rings. The summed E-state index contributed by atoms with van der Waals surface area (Å²) in [6, 6.07) is 20.2. The highest BCUT2D eigenvalue weighted by molar-refractivity contribution is 5.89. The molecule has 3 rings (SSSR count). The minimum absolute atomic E-state index is 0.000776. The monoisotopic (exact) mass is 363 g/mol. The SMILES string of the molecule is Cc1cccc(C(=O)OCc2cccc(Oc3ccc([N+](=O)[O-])cc3)c2)c1. The van der Waals surface area contributed by atoms with Gasteiger partial charge in [0, 0.05) is 12.1 Å². The van der Waals surface area contributed by atoms with E-state index in [9.17, 15) is 14.9 Å². The third kappa shape index (κ3) is 4.92. The Hall–Kier alpha value is -3.67. The molecule has 6 nitrogen and oxygen atoms in total. The van der Waals surface area contributed by atoms with Crippen molar-refractivity contribution in [1.82, 2.24) is 0 Å². The Morgan fingerprint density at radius 3 is 2.41 bits per heavy atom. The molecular weight excluding hydrogens is 346 g/mol. The summed E-state index contributed by atoms with van der Waals surface area (Å²) in [4.78, 5) is 22.3. The molecular formula is C21H17NO5. The van der Waals surface area contributed by atoms with E-state index < -0.39 is 4.92 Å². The largest absolute Gasteiger partial charge is 0.457 e. The highest BCUT2D eigenvalue weighted by Crippen LogP contribution is 2.24. The van der Waals surface area contributed by atoms with Gasteiger partial charge in [0.25, 0.3) is 5.69 Å². The van der Waals surface area contributed by atoms with Crippen LogP contribution < -0.4 is 4.74 Å². The van der Waals surface area contributed by atoms with Gasteiger partial charge in [-0.3, -0.25) is 10.1 Å². The van der Waals surface area contributed by atoms with Crippen LogP contribution >= 0.6 is 0 Å². The zero-order chi connectivity index (χ0) is 19.2. The molecule has 0 N–H and O–H groups in total. The number of non-ortho nitro benzene ring substituents is 1. The van der Waals surface area contributed by atoms with Crippen molar-refractivity contribution in [1.29, 1.82) is 0 Å². The minimum atomic E-state index is -0.465. The van der Waals surface area contributed by atoms with Crippen LogP contribution in [0.4, 0.5) is 5.69 Å². The highest BCUT2D eigenvalue weighted by Gasteiger charge is 2.09. The van der Waals surface area contributed by atoms with Crippen molar-refractivity contribution < 1.29 is 19.2 Å². The van der Waals surface area contributed by atoms with Crippen LogP contribution in [0, 0.1) is 17.0 Å². The summed E-state index contributed by atoms with van der Waals surface area (Å²) in [6.45, 7) is 2.03. The molecule has 3 aromatic carbocycles. The zero-order valence-electron chi connectivity index (χ0n) is 14.6.